The predicted molar refractivity (Wildman–Crippen MR) is 58.2 cm³/mol. The minimum Gasteiger partial charge on any atom is -0.496 e. The maximum atomic E-state index is 8.77. The Morgan fingerprint density at radius 1 is 0.938 bits per heavy atom. The van der Waals surface area contributed by atoms with Crippen molar-refractivity contribution >= 4 is 0 Å². The van der Waals surface area contributed by atoms with Gasteiger partial charge in [-0.2, -0.15) is 10.5 Å². The molecule has 0 aliphatic rings. The molecule has 1 aromatic carbocycles. The summed E-state index contributed by atoms with van der Waals surface area (Å²) in [5.74, 6) is 1.24. The highest BCUT2D eigenvalue weighted by atomic mass is 16.5. The molecular weight excluding hydrogens is 204 g/mol. The molecular formula is C12H12N2O2. The molecule has 0 unspecified atom stereocenters. The van der Waals surface area contributed by atoms with Crippen LogP contribution in [0.15, 0.2) is 12.1 Å². The third-order valence-corrected chi connectivity index (χ3v) is 2.30. The molecule has 0 aromatic heterocycles. The summed E-state index contributed by atoms with van der Waals surface area (Å²) in [6, 6.07) is 7.61. The molecule has 1 aromatic rings. The van der Waals surface area contributed by atoms with Gasteiger partial charge in [-0.05, 0) is 12.1 Å². The smallest absolute Gasteiger partial charge is 0.123 e. The summed E-state index contributed by atoms with van der Waals surface area (Å²) in [5, 5.41) is 17.5. The second-order valence-electron chi connectivity index (χ2n) is 3.10. The second-order valence-corrected chi connectivity index (χ2v) is 3.10. The lowest BCUT2D eigenvalue weighted by atomic mass is 10.0. The van der Waals surface area contributed by atoms with E-state index in [0.717, 1.165) is 11.1 Å². The summed E-state index contributed by atoms with van der Waals surface area (Å²) >= 11 is 0. The molecule has 0 bridgehead atoms. The van der Waals surface area contributed by atoms with E-state index >= 15 is 0 Å². The van der Waals surface area contributed by atoms with E-state index in [0.29, 0.717) is 11.5 Å². The average molecular weight is 216 g/mol. The van der Waals surface area contributed by atoms with E-state index in [1.54, 1.807) is 26.4 Å². The molecule has 4 nitrogen and oxygen atoms in total. The molecule has 82 valence electrons. The molecule has 0 aliphatic carbocycles. The van der Waals surface area contributed by atoms with Crippen LogP contribution in [-0.2, 0) is 12.8 Å². The first-order chi connectivity index (χ1) is 7.78. The fourth-order valence-electron chi connectivity index (χ4n) is 1.58. The summed E-state index contributed by atoms with van der Waals surface area (Å²) in [5.41, 5.74) is 1.46. The molecule has 4 heteroatoms. The molecule has 0 heterocycles. The molecule has 0 amide bonds. The Morgan fingerprint density at radius 2 is 1.31 bits per heavy atom. The van der Waals surface area contributed by atoms with Gasteiger partial charge < -0.3 is 9.47 Å². The van der Waals surface area contributed by atoms with Crippen LogP contribution in [0.4, 0.5) is 0 Å². The Labute approximate surface area is 94.6 Å². The highest BCUT2D eigenvalue weighted by Crippen LogP contribution is 2.31. The van der Waals surface area contributed by atoms with Crippen LogP contribution in [0.3, 0.4) is 0 Å². The molecule has 1 rings (SSSR count). The van der Waals surface area contributed by atoms with Crippen LogP contribution in [0.25, 0.3) is 0 Å². The Hall–Kier alpha value is -2.20. The van der Waals surface area contributed by atoms with E-state index in [1.807, 2.05) is 0 Å². The Kier molecular flexibility index (Phi) is 4.17. The minimum atomic E-state index is 0.206. The SMILES string of the molecule is COc1ccc(OC)c(CC#N)c1CC#N. The van der Waals surface area contributed by atoms with Gasteiger partial charge in [0.1, 0.15) is 11.5 Å². The molecule has 0 atom stereocenters. The number of hydrogen-bond acceptors (Lipinski definition) is 4. The number of nitriles is 2. The average Bonchev–Trinajstić information content (AvgIpc) is 2.31. The van der Waals surface area contributed by atoms with Crippen molar-refractivity contribution in [2.75, 3.05) is 14.2 Å². The zero-order chi connectivity index (χ0) is 12.0. The predicted octanol–water partition coefficient (Wildman–Crippen LogP) is 1.84. The van der Waals surface area contributed by atoms with Crippen molar-refractivity contribution < 1.29 is 9.47 Å². The number of benzene rings is 1. The van der Waals surface area contributed by atoms with Crippen molar-refractivity contribution in [2.24, 2.45) is 0 Å². The quantitative estimate of drug-likeness (QED) is 0.770. The fraction of sp³-hybridized carbons (Fsp3) is 0.333. The number of hydrogen-bond donors (Lipinski definition) is 0. The van der Waals surface area contributed by atoms with Gasteiger partial charge in [-0.3, -0.25) is 0 Å². The van der Waals surface area contributed by atoms with Crippen molar-refractivity contribution in [1.29, 1.82) is 10.5 Å². The summed E-state index contributed by atoms with van der Waals surface area (Å²) in [6.07, 6.45) is 0.411. The largest absolute Gasteiger partial charge is 0.496 e. The van der Waals surface area contributed by atoms with Gasteiger partial charge in [0.05, 0.1) is 39.2 Å². The molecule has 0 aliphatic heterocycles. The van der Waals surface area contributed by atoms with Gasteiger partial charge in [0.2, 0.25) is 0 Å². The fourth-order valence-corrected chi connectivity index (χ4v) is 1.58. The van der Waals surface area contributed by atoms with Gasteiger partial charge in [-0.25, -0.2) is 0 Å². The molecule has 0 fully saturated rings. The van der Waals surface area contributed by atoms with E-state index in [9.17, 15) is 0 Å². The van der Waals surface area contributed by atoms with Crippen molar-refractivity contribution in [3.05, 3.63) is 23.3 Å². The van der Waals surface area contributed by atoms with Gasteiger partial charge in [0.15, 0.2) is 0 Å². The summed E-state index contributed by atoms with van der Waals surface area (Å²) in [7, 11) is 3.08. The minimum absolute atomic E-state index is 0.206. The molecule has 0 spiro atoms. The Morgan fingerprint density at radius 3 is 1.56 bits per heavy atom. The lowest BCUT2D eigenvalue weighted by Gasteiger charge is -2.13. The van der Waals surface area contributed by atoms with E-state index < -0.39 is 0 Å². The first-order valence-corrected chi connectivity index (χ1v) is 4.75. The van der Waals surface area contributed by atoms with Crippen molar-refractivity contribution in [1.82, 2.24) is 0 Å². The van der Waals surface area contributed by atoms with Gasteiger partial charge in [0.25, 0.3) is 0 Å². The number of rotatable bonds is 4. The van der Waals surface area contributed by atoms with Gasteiger partial charge >= 0.3 is 0 Å². The van der Waals surface area contributed by atoms with Crippen LogP contribution in [0.5, 0.6) is 11.5 Å². The van der Waals surface area contributed by atoms with E-state index in [1.165, 1.54) is 0 Å². The van der Waals surface area contributed by atoms with Crippen LogP contribution in [0.1, 0.15) is 11.1 Å². The lowest BCUT2D eigenvalue weighted by molar-refractivity contribution is 0.396. The topological polar surface area (TPSA) is 66.0 Å². The molecule has 0 saturated heterocycles. The third kappa shape index (κ3) is 2.24. The van der Waals surface area contributed by atoms with Crippen LogP contribution in [0, 0.1) is 22.7 Å². The van der Waals surface area contributed by atoms with Crippen LogP contribution in [0.2, 0.25) is 0 Å². The second kappa shape index (κ2) is 5.63. The number of methoxy groups -OCH3 is 2. The van der Waals surface area contributed by atoms with E-state index in [4.69, 9.17) is 20.0 Å². The monoisotopic (exact) mass is 216 g/mol. The van der Waals surface area contributed by atoms with Gasteiger partial charge in [-0.1, -0.05) is 0 Å². The van der Waals surface area contributed by atoms with Crippen molar-refractivity contribution in [2.45, 2.75) is 12.8 Å². The van der Waals surface area contributed by atoms with Crippen molar-refractivity contribution in [3.8, 4) is 23.6 Å². The van der Waals surface area contributed by atoms with Crippen molar-refractivity contribution in [3.63, 3.8) is 0 Å². The maximum absolute atomic E-state index is 8.77. The molecule has 0 N–H and O–H groups in total. The summed E-state index contributed by atoms with van der Waals surface area (Å²) in [6.45, 7) is 0. The van der Waals surface area contributed by atoms with E-state index in [2.05, 4.69) is 12.1 Å². The zero-order valence-electron chi connectivity index (χ0n) is 9.28. The maximum Gasteiger partial charge on any atom is 0.123 e. The number of ether oxygens (including phenoxy) is 2. The molecule has 16 heavy (non-hydrogen) atoms. The highest BCUT2D eigenvalue weighted by Gasteiger charge is 2.14. The third-order valence-electron chi connectivity index (χ3n) is 2.30. The standard InChI is InChI=1S/C12H12N2O2/c1-15-11-3-4-12(16-2)10(6-8-14)9(11)5-7-13/h3-4H,5-6H2,1-2H3. The molecule has 0 saturated carbocycles. The van der Waals surface area contributed by atoms with Crippen LogP contribution < -0.4 is 9.47 Å². The van der Waals surface area contributed by atoms with Crippen LogP contribution >= 0.6 is 0 Å². The van der Waals surface area contributed by atoms with Gasteiger partial charge in [-0.15, -0.1) is 0 Å². The summed E-state index contributed by atoms with van der Waals surface area (Å²) < 4.78 is 10.3. The first-order valence-electron chi connectivity index (χ1n) is 4.75. The first kappa shape index (κ1) is 11.9. The number of nitrogens with zero attached hydrogens (tertiary/aromatic N) is 2. The molecule has 0 radical (unpaired) electrons. The highest BCUT2D eigenvalue weighted by molar-refractivity contribution is 5.51. The normalized spacial score (nSPS) is 9.00. The van der Waals surface area contributed by atoms with Crippen LogP contribution in [-0.4, -0.2) is 14.2 Å². The lowest BCUT2D eigenvalue weighted by Crippen LogP contribution is -2.00. The Balaban J connectivity index is 3.36. The van der Waals surface area contributed by atoms with Gasteiger partial charge in [0, 0.05) is 11.1 Å². The zero-order valence-corrected chi connectivity index (χ0v) is 9.28. The summed E-state index contributed by atoms with van der Waals surface area (Å²) in [4.78, 5) is 0. The van der Waals surface area contributed by atoms with E-state index in [-0.39, 0.29) is 12.8 Å². The Bertz CT molecular complexity index is 412.